The fourth-order valence-electron chi connectivity index (χ4n) is 5.15. The normalized spacial score (nSPS) is 14.8. The number of hydrogen-bond acceptors (Lipinski definition) is 6. The third-order valence-electron chi connectivity index (χ3n) is 7.03. The fourth-order valence-corrected chi connectivity index (χ4v) is 5.15. The summed E-state index contributed by atoms with van der Waals surface area (Å²) in [7, 11) is 1.61. The van der Waals surface area contributed by atoms with Crippen molar-refractivity contribution in [3.8, 4) is 5.88 Å². The summed E-state index contributed by atoms with van der Waals surface area (Å²) in [6.07, 6.45) is 2.71. The molecular formula is C27H34N6O2. The van der Waals surface area contributed by atoms with Gasteiger partial charge in [0.15, 0.2) is 5.65 Å². The molecule has 1 saturated heterocycles. The minimum absolute atomic E-state index is 0.00522. The first-order chi connectivity index (χ1) is 17.1. The minimum atomic E-state index is 0.00522. The number of unbranched alkanes of at least 4 members (excludes halogenated alkanes) is 1. The van der Waals surface area contributed by atoms with Gasteiger partial charge < -0.3 is 14.2 Å². The molecule has 0 spiro atoms. The van der Waals surface area contributed by atoms with E-state index in [0.29, 0.717) is 17.9 Å². The van der Waals surface area contributed by atoms with Gasteiger partial charge in [-0.25, -0.2) is 4.98 Å². The molecule has 8 heteroatoms. The lowest BCUT2D eigenvalue weighted by Gasteiger charge is -2.36. The van der Waals surface area contributed by atoms with Crippen molar-refractivity contribution in [1.29, 1.82) is 0 Å². The number of nitrogens with zero attached hydrogens (tertiary/aromatic N) is 6. The molecule has 4 aromatic rings. The molecule has 5 rings (SSSR count). The molecule has 4 heterocycles. The van der Waals surface area contributed by atoms with Crippen LogP contribution in [0.3, 0.4) is 0 Å². The number of hydrogen-bond donors (Lipinski definition) is 0. The first-order valence-corrected chi connectivity index (χ1v) is 12.6. The first kappa shape index (κ1) is 23.4. The highest BCUT2D eigenvalue weighted by molar-refractivity contribution is 5.77. The maximum Gasteiger partial charge on any atom is 0.277 e. The zero-order chi connectivity index (χ0) is 24.4. The Morgan fingerprint density at radius 1 is 0.943 bits per heavy atom. The Labute approximate surface area is 205 Å². The van der Waals surface area contributed by atoms with Crippen LogP contribution in [0, 0.1) is 6.92 Å². The summed E-state index contributed by atoms with van der Waals surface area (Å²) in [6.45, 7) is 9.92. The average Bonchev–Trinajstić information content (AvgIpc) is 3.25. The largest absolute Gasteiger partial charge is 0.481 e. The van der Waals surface area contributed by atoms with Gasteiger partial charge in [0.2, 0.25) is 5.88 Å². The summed E-state index contributed by atoms with van der Waals surface area (Å²) in [5, 5.41) is 0. The molecule has 1 aromatic carbocycles. The SMILES string of the molecule is CCc1nc(C)c2c(=O)n(CCCCN3CCN(c4ccccc4)CC3)c3ccc(OC)nc3n12. The second kappa shape index (κ2) is 10.1. The van der Waals surface area contributed by atoms with E-state index in [2.05, 4.69) is 45.1 Å². The van der Waals surface area contributed by atoms with Gasteiger partial charge in [-0.3, -0.25) is 14.1 Å². The van der Waals surface area contributed by atoms with Crippen molar-refractivity contribution in [2.75, 3.05) is 44.7 Å². The average molecular weight is 475 g/mol. The van der Waals surface area contributed by atoms with E-state index in [1.165, 1.54) is 5.69 Å². The van der Waals surface area contributed by atoms with E-state index in [4.69, 9.17) is 9.72 Å². The van der Waals surface area contributed by atoms with Crippen LogP contribution in [0.15, 0.2) is 47.3 Å². The Morgan fingerprint density at radius 3 is 2.40 bits per heavy atom. The molecule has 8 nitrogen and oxygen atoms in total. The van der Waals surface area contributed by atoms with Crippen LogP contribution in [0.1, 0.15) is 31.3 Å². The molecular weight excluding hydrogens is 440 g/mol. The number of aromatic nitrogens is 4. The third kappa shape index (κ3) is 4.50. The zero-order valence-corrected chi connectivity index (χ0v) is 20.9. The number of piperazine rings is 1. The number of benzene rings is 1. The van der Waals surface area contributed by atoms with Crippen molar-refractivity contribution in [3.05, 3.63) is 64.3 Å². The van der Waals surface area contributed by atoms with Crippen LogP contribution < -0.4 is 15.2 Å². The molecule has 0 radical (unpaired) electrons. The Bertz CT molecular complexity index is 1370. The molecule has 0 amide bonds. The van der Waals surface area contributed by atoms with Crippen LogP contribution in [-0.4, -0.2) is 63.7 Å². The number of ether oxygens (including phenoxy) is 1. The van der Waals surface area contributed by atoms with Crippen LogP contribution >= 0.6 is 0 Å². The predicted molar refractivity (Wildman–Crippen MR) is 140 cm³/mol. The van der Waals surface area contributed by atoms with Gasteiger partial charge >= 0.3 is 0 Å². The van der Waals surface area contributed by atoms with E-state index in [-0.39, 0.29) is 5.56 Å². The number of pyridine rings is 1. The van der Waals surface area contributed by atoms with Crippen LogP contribution in [0.5, 0.6) is 5.88 Å². The summed E-state index contributed by atoms with van der Waals surface area (Å²) in [6, 6.07) is 14.4. The van der Waals surface area contributed by atoms with Gasteiger partial charge in [0.05, 0.1) is 18.3 Å². The van der Waals surface area contributed by atoms with Crippen molar-refractivity contribution < 1.29 is 4.74 Å². The summed E-state index contributed by atoms with van der Waals surface area (Å²) in [5.74, 6) is 1.38. The van der Waals surface area contributed by atoms with Gasteiger partial charge in [0.25, 0.3) is 5.56 Å². The topological polar surface area (TPSA) is 67.9 Å². The van der Waals surface area contributed by atoms with Gasteiger partial charge in [-0.05, 0) is 44.5 Å². The molecule has 0 saturated carbocycles. The molecule has 0 aliphatic carbocycles. The van der Waals surface area contributed by atoms with E-state index in [1.807, 2.05) is 34.9 Å². The minimum Gasteiger partial charge on any atom is -0.481 e. The Morgan fingerprint density at radius 2 is 1.69 bits per heavy atom. The standard InChI is InChI=1S/C27H34N6O2/c1-4-23-28-20(2)25-27(34)32(22-12-13-24(35-3)29-26(22)33(23)25)15-9-8-14-30-16-18-31(19-17-30)21-10-6-5-7-11-21/h5-7,10-13H,4,8-9,14-19H2,1-3H3. The van der Waals surface area contributed by atoms with Gasteiger partial charge in [-0.2, -0.15) is 4.98 Å². The van der Waals surface area contributed by atoms with Gasteiger partial charge in [-0.15, -0.1) is 0 Å². The molecule has 184 valence electrons. The van der Waals surface area contributed by atoms with E-state index in [1.54, 1.807) is 7.11 Å². The smallest absolute Gasteiger partial charge is 0.277 e. The molecule has 1 aliphatic heterocycles. The number of anilines is 1. The van der Waals surface area contributed by atoms with Crippen molar-refractivity contribution in [2.24, 2.45) is 0 Å². The molecule has 0 unspecified atom stereocenters. The number of aryl methyl sites for hydroxylation is 3. The van der Waals surface area contributed by atoms with Crippen LogP contribution in [0.2, 0.25) is 0 Å². The number of rotatable bonds is 8. The molecule has 3 aromatic heterocycles. The van der Waals surface area contributed by atoms with Gasteiger partial charge in [-0.1, -0.05) is 25.1 Å². The van der Waals surface area contributed by atoms with Crippen molar-refractivity contribution in [1.82, 2.24) is 23.8 Å². The number of para-hydroxylation sites is 1. The maximum absolute atomic E-state index is 13.5. The highest BCUT2D eigenvalue weighted by atomic mass is 16.5. The van der Waals surface area contributed by atoms with E-state index in [9.17, 15) is 4.79 Å². The molecule has 0 bridgehead atoms. The summed E-state index contributed by atoms with van der Waals surface area (Å²) in [5.41, 5.74) is 4.24. The van der Waals surface area contributed by atoms with E-state index in [0.717, 1.165) is 74.7 Å². The Balaban J connectivity index is 1.29. The van der Waals surface area contributed by atoms with Crippen molar-refractivity contribution in [3.63, 3.8) is 0 Å². The Kier molecular flexibility index (Phi) is 6.72. The molecule has 0 atom stereocenters. The second-order valence-electron chi connectivity index (χ2n) is 9.18. The summed E-state index contributed by atoms with van der Waals surface area (Å²) in [4.78, 5) is 27.9. The van der Waals surface area contributed by atoms with E-state index < -0.39 is 0 Å². The van der Waals surface area contributed by atoms with Gasteiger partial charge in [0, 0.05) is 50.9 Å². The highest BCUT2D eigenvalue weighted by Gasteiger charge is 2.20. The number of imidazole rings is 1. The summed E-state index contributed by atoms with van der Waals surface area (Å²) >= 11 is 0. The monoisotopic (exact) mass is 474 g/mol. The van der Waals surface area contributed by atoms with Crippen LogP contribution in [0.25, 0.3) is 16.7 Å². The van der Waals surface area contributed by atoms with Gasteiger partial charge in [0.1, 0.15) is 11.3 Å². The molecule has 35 heavy (non-hydrogen) atoms. The predicted octanol–water partition coefficient (Wildman–Crippen LogP) is 3.53. The Hall–Kier alpha value is -3.39. The first-order valence-electron chi connectivity index (χ1n) is 12.6. The van der Waals surface area contributed by atoms with Crippen molar-refractivity contribution in [2.45, 2.75) is 39.7 Å². The number of methoxy groups -OCH3 is 1. The van der Waals surface area contributed by atoms with Crippen LogP contribution in [0.4, 0.5) is 5.69 Å². The third-order valence-corrected chi connectivity index (χ3v) is 7.03. The molecule has 0 N–H and O–H groups in total. The number of fused-ring (bicyclic) bond motifs is 3. The summed E-state index contributed by atoms with van der Waals surface area (Å²) < 4.78 is 9.17. The second-order valence-corrected chi connectivity index (χ2v) is 9.18. The lowest BCUT2D eigenvalue weighted by molar-refractivity contribution is 0.251. The molecule has 1 fully saturated rings. The quantitative estimate of drug-likeness (QED) is 0.364. The van der Waals surface area contributed by atoms with Crippen molar-refractivity contribution >= 4 is 22.4 Å². The molecule has 1 aliphatic rings. The zero-order valence-electron chi connectivity index (χ0n) is 20.9. The van der Waals surface area contributed by atoms with E-state index >= 15 is 0 Å². The fraction of sp³-hybridized carbons (Fsp3) is 0.444. The lowest BCUT2D eigenvalue weighted by atomic mass is 10.2. The van der Waals surface area contributed by atoms with Crippen LogP contribution in [-0.2, 0) is 13.0 Å². The highest BCUT2D eigenvalue weighted by Crippen LogP contribution is 2.21. The maximum atomic E-state index is 13.5. The lowest BCUT2D eigenvalue weighted by Crippen LogP contribution is -2.46.